The first-order valence-electron chi connectivity index (χ1n) is 19.5. The third-order valence-electron chi connectivity index (χ3n) is 11.9. The summed E-state index contributed by atoms with van der Waals surface area (Å²) in [4.78, 5) is 10.1. The molecule has 4 unspecified atom stereocenters. The molecule has 0 aliphatic heterocycles. The molecule has 274 valence electrons. The number of rotatable bonds is 12. The van der Waals surface area contributed by atoms with Crippen LogP contribution in [0.5, 0.6) is 0 Å². The highest BCUT2D eigenvalue weighted by Crippen LogP contribution is 2.54. The first-order chi connectivity index (χ1) is 27.7. The van der Waals surface area contributed by atoms with Gasteiger partial charge in [-0.15, -0.1) is 0 Å². The van der Waals surface area contributed by atoms with Crippen LogP contribution in [0, 0.1) is 0 Å². The second kappa shape index (κ2) is 14.2. The lowest BCUT2D eigenvalue weighted by molar-refractivity contribution is 0.514. The van der Waals surface area contributed by atoms with E-state index in [4.69, 9.17) is 9.97 Å². The van der Waals surface area contributed by atoms with E-state index < -0.39 is 21.9 Å². The van der Waals surface area contributed by atoms with E-state index in [-0.39, 0.29) is 22.3 Å². The van der Waals surface area contributed by atoms with Crippen LogP contribution in [0.2, 0.25) is 0 Å². The quantitative estimate of drug-likeness (QED) is 0.117. The fourth-order valence-corrected chi connectivity index (χ4v) is 11.3. The third kappa shape index (κ3) is 5.70. The Morgan fingerprint density at radius 2 is 0.661 bits per heavy atom. The van der Waals surface area contributed by atoms with Crippen molar-refractivity contribution < 1.29 is 4.21 Å². The highest BCUT2D eigenvalue weighted by atomic mass is 32.2. The van der Waals surface area contributed by atoms with Gasteiger partial charge in [-0.2, -0.15) is 0 Å². The summed E-state index contributed by atoms with van der Waals surface area (Å²) in [5.74, 6) is 0.329. The van der Waals surface area contributed by atoms with Crippen LogP contribution in [0.15, 0.2) is 207 Å². The van der Waals surface area contributed by atoms with E-state index in [1.165, 1.54) is 0 Å². The normalized spacial score (nSPS) is 19.6. The van der Waals surface area contributed by atoms with Crippen molar-refractivity contribution in [3.63, 3.8) is 0 Å². The van der Waals surface area contributed by atoms with Crippen LogP contribution in [0.1, 0.15) is 69.4 Å². The molecule has 0 saturated heterocycles. The topological polar surface area (TPSA) is 52.7 Å². The lowest BCUT2D eigenvalue weighted by Crippen LogP contribution is -2.36. The van der Waals surface area contributed by atoms with Crippen LogP contribution in [-0.2, 0) is 21.9 Å². The standard InChI is InChI=1S/C50H42N4OS/c55-56(47-31-43(47)45-33-53(35-51-45)49(37-19-7-1-8-20-37,38-21-9-2-10-22-38)39-23-11-3-12-24-39)48-32-44(48)46-34-54(36-52-46)50(40-25-13-4-14-26-40,41-27-15-5-16-28-41)42-29-17-6-18-30-42/h1-30,33-36,43-44,47-48H,31-32H2. The molecule has 0 N–H and O–H groups in total. The van der Waals surface area contributed by atoms with E-state index in [0.29, 0.717) is 0 Å². The van der Waals surface area contributed by atoms with Crippen molar-refractivity contribution in [1.82, 2.24) is 19.1 Å². The highest BCUT2D eigenvalue weighted by molar-refractivity contribution is 7.87. The average molecular weight is 747 g/mol. The van der Waals surface area contributed by atoms with E-state index >= 15 is 0 Å². The first-order valence-corrected chi connectivity index (χ1v) is 20.8. The van der Waals surface area contributed by atoms with Gasteiger partial charge < -0.3 is 9.13 Å². The Morgan fingerprint density at radius 1 is 0.411 bits per heavy atom. The molecule has 5 nitrogen and oxygen atoms in total. The zero-order valence-electron chi connectivity index (χ0n) is 31.0. The number of aromatic nitrogens is 4. The lowest BCUT2D eigenvalue weighted by Gasteiger charge is -2.37. The molecule has 8 aromatic rings. The summed E-state index contributed by atoms with van der Waals surface area (Å²) in [6.07, 6.45) is 10.1. The van der Waals surface area contributed by atoms with E-state index in [1.807, 2.05) is 12.7 Å². The summed E-state index contributed by atoms with van der Waals surface area (Å²) in [6.45, 7) is 0. The van der Waals surface area contributed by atoms with Crippen molar-refractivity contribution in [2.75, 3.05) is 0 Å². The van der Waals surface area contributed by atoms with Crippen LogP contribution in [0.3, 0.4) is 0 Å². The fraction of sp³-hybridized carbons (Fsp3) is 0.160. The minimum Gasteiger partial charge on any atom is -0.319 e. The summed E-state index contributed by atoms with van der Waals surface area (Å²) >= 11 is 0. The molecule has 6 aromatic carbocycles. The Bertz CT molecular complexity index is 2200. The molecule has 6 heteroatoms. The molecule has 2 aliphatic rings. The summed E-state index contributed by atoms with van der Waals surface area (Å²) in [5, 5.41) is 0.180. The molecule has 0 radical (unpaired) electrons. The average Bonchev–Trinajstić information content (AvgIpc) is 4.15. The smallest absolute Gasteiger partial charge is 0.121 e. The van der Waals surface area contributed by atoms with Gasteiger partial charge in [-0.25, -0.2) is 9.97 Å². The molecule has 2 aliphatic carbocycles. The van der Waals surface area contributed by atoms with Gasteiger partial charge in [-0.1, -0.05) is 182 Å². The first kappa shape index (κ1) is 34.4. The van der Waals surface area contributed by atoms with Crippen molar-refractivity contribution >= 4 is 10.8 Å². The minimum atomic E-state index is -1.00. The van der Waals surface area contributed by atoms with Crippen molar-refractivity contribution in [2.45, 2.75) is 46.3 Å². The number of nitrogens with zero attached hydrogens (tertiary/aromatic N) is 4. The summed E-state index contributed by atoms with van der Waals surface area (Å²) in [5.41, 5.74) is 7.75. The number of hydrogen-bond acceptors (Lipinski definition) is 3. The van der Waals surface area contributed by atoms with Gasteiger partial charge in [0.1, 0.15) is 11.1 Å². The Kier molecular flexibility index (Phi) is 8.71. The van der Waals surface area contributed by atoms with E-state index in [2.05, 4.69) is 204 Å². The Labute approximate surface area is 330 Å². The molecular weight excluding hydrogens is 705 g/mol. The Balaban J connectivity index is 0.941. The number of benzene rings is 6. The van der Waals surface area contributed by atoms with Gasteiger partial charge in [0.2, 0.25) is 0 Å². The zero-order chi connectivity index (χ0) is 37.5. The van der Waals surface area contributed by atoms with E-state index in [9.17, 15) is 4.21 Å². The Hall–Kier alpha value is -6.11. The van der Waals surface area contributed by atoms with Gasteiger partial charge in [0.15, 0.2) is 0 Å². The molecule has 4 atom stereocenters. The SMILES string of the molecule is O=S(C1CC1c1cn(C(c2ccccc2)(c2ccccc2)c2ccccc2)cn1)C1CC1c1cn(C(c2ccccc2)(c2ccccc2)c2ccccc2)cn1. The van der Waals surface area contributed by atoms with E-state index in [1.54, 1.807) is 0 Å². The highest BCUT2D eigenvalue weighted by Gasteiger charge is 2.54. The van der Waals surface area contributed by atoms with Gasteiger partial charge >= 0.3 is 0 Å². The second-order valence-corrected chi connectivity index (χ2v) is 17.0. The molecule has 2 fully saturated rings. The summed E-state index contributed by atoms with van der Waals surface area (Å²) in [6, 6.07) is 64.1. The molecule has 2 aromatic heterocycles. The maximum atomic E-state index is 14.3. The van der Waals surface area contributed by atoms with E-state index in [0.717, 1.165) is 57.6 Å². The molecule has 2 heterocycles. The molecule has 2 saturated carbocycles. The molecule has 0 bridgehead atoms. The van der Waals surface area contributed by atoms with Crippen LogP contribution in [0.4, 0.5) is 0 Å². The fourth-order valence-electron chi connectivity index (χ4n) is 9.10. The molecule has 0 spiro atoms. The Morgan fingerprint density at radius 3 is 0.911 bits per heavy atom. The summed E-state index contributed by atoms with van der Waals surface area (Å²) < 4.78 is 18.9. The van der Waals surface area contributed by atoms with Crippen molar-refractivity contribution in [2.24, 2.45) is 0 Å². The van der Waals surface area contributed by atoms with Crippen molar-refractivity contribution in [1.29, 1.82) is 0 Å². The molecule has 56 heavy (non-hydrogen) atoms. The van der Waals surface area contributed by atoms with Crippen molar-refractivity contribution in [3.05, 3.63) is 252 Å². The zero-order valence-corrected chi connectivity index (χ0v) is 31.8. The maximum Gasteiger partial charge on any atom is 0.121 e. The van der Waals surface area contributed by atoms with Gasteiger partial charge in [0.05, 0.1) is 24.0 Å². The lowest BCUT2D eigenvalue weighted by atomic mass is 9.77. The molecular formula is C50H42N4OS. The van der Waals surface area contributed by atoms with Gasteiger partial charge in [-0.3, -0.25) is 4.21 Å². The number of hydrogen-bond donors (Lipinski definition) is 0. The molecule has 0 amide bonds. The molecule has 10 rings (SSSR count). The monoisotopic (exact) mass is 746 g/mol. The largest absolute Gasteiger partial charge is 0.319 e. The minimum absolute atomic E-state index is 0.0899. The van der Waals surface area contributed by atoms with Crippen LogP contribution < -0.4 is 0 Å². The third-order valence-corrected chi connectivity index (χ3v) is 14.2. The van der Waals surface area contributed by atoms with Crippen LogP contribution in [0.25, 0.3) is 0 Å². The maximum absolute atomic E-state index is 14.3. The predicted molar refractivity (Wildman–Crippen MR) is 224 cm³/mol. The van der Waals surface area contributed by atoms with Crippen molar-refractivity contribution in [3.8, 4) is 0 Å². The second-order valence-electron chi connectivity index (χ2n) is 15.1. The van der Waals surface area contributed by atoms with Gasteiger partial charge in [-0.05, 0) is 46.2 Å². The summed E-state index contributed by atoms with van der Waals surface area (Å²) in [7, 11) is -1.00. The number of imidazole rings is 2. The van der Waals surface area contributed by atoms with Crippen LogP contribution in [-0.4, -0.2) is 33.8 Å². The van der Waals surface area contributed by atoms with Gasteiger partial charge in [0, 0.05) is 45.5 Å². The van der Waals surface area contributed by atoms with Gasteiger partial charge in [0.25, 0.3) is 0 Å². The van der Waals surface area contributed by atoms with Crippen LogP contribution >= 0.6 is 0 Å². The predicted octanol–water partition coefficient (Wildman–Crippen LogP) is 9.92.